The summed E-state index contributed by atoms with van der Waals surface area (Å²) in [7, 11) is 0. The van der Waals surface area contributed by atoms with Crippen LogP contribution < -0.4 is 5.32 Å². The van der Waals surface area contributed by atoms with Gasteiger partial charge in [-0.05, 0) is 62.1 Å². The number of pyridine rings is 1. The normalized spacial score (nSPS) is 12.0. The number of aryl methyl sites for hydroxylation is 3. The predicted molar refractivity (Wildman–Crippen MR) is 80.8 cm³/mol. The van der Waals surface area contributed by atoms with Gasteiger partial charge < -0.3 is 5.32 Å². The van der Waals surface area contributed by atoms with E-state index in [-0.39, 0.29) is 11.9 Å². The van der Waals surface area contributed by atoms with Crippen molar-refractivity contribution < 1.29 is 4.79 Å². The highest BCUT2D eigenvalue weighted by Gasteiger charge is 2.14. The molecular weight excluding hydrogens is 248 g/mol. The highest BCUT2D eigenvalue weighted by Crippen LogP contribution is 2.21. The van der Waals surface area contributed by atoms with E-state index in [0.29, 0.717) is 5.56 Å². The van der Waals surface area contributed by atoms with Crippen molar-refractivity contribution in [3.05, 3.63) is 64.5 Å². The number of benzene rings is 1. The van der Waals surface area contributed by atoms with Crippen LogP contribution in [-0.2, 0) is 0 Å². The van der Waals surface area contributed by atoms with Gasteiger partial charge in [0.1, 0.15) is 0 Å². The van der Waals surface area contributed by atoms with E-state index in [4.69, 9.17) is 0 Å². The van der Waals surface area contributed by atoms with E-state index < -0.39 is 0 Å². The first-order chi connectivity index (χ1) is 9.49. The van der Waals surface area contributed by atoms with Crippen LogP contribution in [0.1, 0.15) is 45.6 Å². The minimum Gasteiger partial charge on any atom is -0.345 e. The molecule has 1 aromatic carbocycles. The van der Waals surface area contributed by atoms with Gasteiger partial charge in [0.05, 0.1) is 11.6 Å². The third-order valence-electron chi connectivity index (χ3n) is 3.62. The molecule has 2 rings (SSSR count). The fraction of sp³-hybridized carbons (Fsp3) is 0.294. The molecule has 3 nitrogen and oxygen atoms in total. The Kier molecular flexibility index (Phi) is 4.18. The van der Waals surface area contributed by atoms with E-state index in [0.717, 1.165) is 5.56 Å². The molecule has 1 atom stereocenters. The molecule has 1 heterocycles. The van der Waals surface area contributed by atoms with Crippen molar-refractivity contribution in [3.63, 3.8) is 0 Å². The topological polar surface area (TPSA) is 42.0 Å². The second-order valence-corrected chi connectivity index (χ2v) is 5.23. The number of rotatable bonds is 3. The van der Waals surface area contributed by atoms with Crippen molar-refractivity contribution in [2.75, 3.05) is 0 Å². The zero-order chi connectivity index (χ0) is 14.7. The summed E-state index contributed by atoms with van der Waals surface area (Å²) < 4.78 is 0. The van der Waals surface area contributed by atoms with E-state index in [1.54, 1.807) is 24.5 Å². The van der Waals surface area contributed by atoms with E-state index in [1.165, 1.54) is 16.7 Å². The number of aromatic nitrogens is 1. The Morgan fingerprint density at radius 2 is 1.85 bits per heavy atom. The first kappa shape index (κ1) is 14.3. The largest absolute Gasteiger partial charge is 0.345 e. The highest BCUT2D eigenvalue weighted by atomic mass is 16.1. The molecule has 2 aromatic rings. The van der Waals surface area contributed by atoms with Gasteiger partial charge >= 0.3 is 0 Å². The van der Waals surface area contributed by atoms with Gasteiger partial charge in [0.15, 0.2) is 0 Å². The molecule has 1 aromatic heterocycles. The second-order valence-electron chi connectivity index (χ2n) is 5.23. The van der Waals surface area contributed by atoms with E-state index >= 15 is 0 Å². The van der Waals surface area contributed by atoms with Crippen LogP contribution in [0.2, 0.25) is 0 Å². The quantitative estimate of drug-likeness (QED) is 0.925. The van der Waals surface area contributed by atoms with Crippen LogP contribution in [0, 0.1) is 20.8 Å². The number of carbonyl (C=O) groups is 1. The molecule has 1 amide bonds. The maximum Gasteiger partial charge on any atom is 0.253 e. The number of nitrogens with one attached hydrogen (secondary N) is 1. The van der Waals surface area contributed by atoms with Crippen LogP contribution in [0.4, 0.5) is 0 Å². The molecule has 104 valence electrons. The fourth-order valence-electron chi connectivity index (χ4n) is 2.30. The van der Waals surface area contributed by atoms with Gasteiger partial charge in [0, 0.05) is 12.4 Å². The summed E-state index contributed by atoms with van der Waals surface area (Å²) in [6.45, 7) is 8.28. The molecule has 3 heteroatoms. The number of amides is 1. The van der Waals surface area contributed by atoms with Crippen molar-refractivity contribution in [3.8, 4) is 0 Å². The molecule has 0 aliphatic carbocycles. The molecular formula is C17H20N2O. The molecule has 0 spiro atoms. The van der Waals surface area contributed by atoms with Crippen molar-refractivity contribution in [2.24, 2.45) is 0 Å². The zero-order valence-corrected chi connectivity index (χ0v) is 12.4. The van der Waals surface area contributed by atoms with Gasteiger partial charge in [-0.25, -0.2) is 0 Å². The van der Waals surface area contributed by atoms with E-state index in [2.05, 4.69) is 43.2 Å². The molecule has 0 unspecified atom stereocenters. The second kappa shape index (κ2) is 5.87. The van der Waals surface area contributed by atoms with Gasteiger partial charge in [-0.2, -0.15) is 0 Å². The molecule has 0 bridgehead atoms. The smallest absolute Gasteiger partial charge is 0.253 e. The maximum atomic E-state index is 12.1. The Morgan fingerprint density at radius 1 is 1.15 bits per heavy atom. The molecule has 0 aliphatic rings. The van der Waals surface area contributed by atoms with Crippen LogP contribution in [-0.4, -0.2) is 10.9 Å². The van der Waals surface area contributed by atoms with Crippen molar-refractivity contribution >= 4 is 5.91 Å². The standard InChI is InChI=1S/C17H20N2O/c1-11-8-13(3)16(9-12(11)2)14(4)19-17(20)15-6-5-7-18-10-15/h5-10,14H,1-4H3,(H,19,20)/t14-/m1/s1. The molecule has 0 saturated carbocycles. The molecule has 0 saturated heterocycles. The number of hydrogen-bond donors (Lipinski definition) is 1. The van der Waals surface area contributed by atoms with Gasteiger partial charge in [0.25, 0.3) is 5.91 Å². The summed E-state index contributed by atoms with van der Waals surface area (Å²) >= 11 is 0. The van der Waals surface area contributed by atoms with Gasteiger partial charge in [-0.15, -0.1) is 0 Å². The monoisotopic (exact) mass is 268 g/mol. The summed E-state index contributed by atoms with van der Waals surface area (Å²) in [5, 5.41) is 3.02. The lowest BCUT2D eigenvalue weighted by Gasteiger charge is -2.18. The Hall–Kier alpha value is -2.16. The van der Waals surface area contributed by atoms with E-state index in [1.807, 2.05) is 6.92 Å². The molecule has 1 N–H and O–H groups in total. The molecule has 20 heavy (non-hydrogen) atoms. The average Bonchev–Trinajstić information content (AvgIpc) is 2.43. The van der Waals surface area contributed by atoms with Crippen LogP contribution in [0.25, 0.3) is 0 Å². The summed E-state index contributed by atoms with van der Waals surface area (Å²) in [6, 6.07) is 7.82. The third-order valence-corrected chi connectivity index (χ3v) is 3.62. The Balaban J connectivity index is 2.19. The third kappa shape index (κ3) is 3.05. The number of hydrogen-bond acceptors (Lipinski definition) is 2. The van der Waals surface area contributed by atoms with Crippen molar-refractivity contribution in [1.82, 2.24) is 10.3 Å². The summed E-state index contributed by atoms with van der Waals surface area (Å²) in [5.41, 5.74) is 5.46. The lowest BCUT2D eigenvalue weighted by Crippen LogP contribution is -2.27. The van der Waals surface area contributed by atoms with Crippen LogP contribution in [0.5, 0.6) is 0 Å². The molecule has 0 aliphatic heterocycles. The van der Waals surface area contributed by atoms with Gasteiger partial charge in [0.2, 0.25) is 0 Å². The van der Waals surface area contributed by atoms with Gasteiger partial charge in [-0.1, -0.05) is 12.1 Å². The van der Waals surface area contributed by atoms with Crippen LogP contribution in [0.15, 0.2) is 36.7 Å². The van der Waals surface area contributed by atoms with Crippen LogP contribution >= 0.6 is 0 Å². The fourth-order valence-corrected chi connectivity index (χ4v) is 2.30. The predicted octanol–water partition coefficient (Wildman–Crippen LogP) is 3.50. The number of nitrogens with zero attached hydrogens (tertiary/aromatic N) is 1. The van der Waals surface area contributed by atoms with Crippen molar-refractivity contribution in [1.29, 1.82) is 0 Å². The molecule has 0 radical (unpaired) electrons. The average molecular weight is 268 g/mol. The summed E-state index contributed by atoms with van der Waals surface area (Å²) in [6.07, 6.45) is 3.24. The van der Waals surface area contributed by atoms with Crippen LogP contribution in [0.3, 0.4) is 0 Å². The lowest BCUT2D eigenvalue weighted by atomic mass is 9.96. The highest BCUT2D eigenvalue weighted by molar-refractivity contribution is 5.94. The Morgan fingerprint density at radius 3 is 2.50 bits per heavy atom. The first-order valence-electron chi connectivity index (χ1n) is 6.77. The molecule has 0 fully saturated rings. The first-order valence-corrected chi connectivity index (χ1v) is 6.77. The minimum atomic E-state index is -0.0942. The van der Waals surface area contributed by atoms with E-state index in [9.17, 15) is 4.79 Å². The summed E-state index contributed by atoms with van der Waals surface area (Å²) in [5.74, 6) is -0.0942. The van der Waals surface area contributed by atoms with Gasteiger partial charge in [-0.3, -0.25) is 9.78 Å². The summed E-state index contributed by atoms with van der Waals surface area (Å²) in [4.78, 5) is 16.1. The Bertz CT molecular complexity index is 620. The van der Waals surface area contributed by atoms with Crippen molar-refractivity contribution in [2.45, 2.75) is 33.7 Å². The number of carbonyl (C=O) groups excluding carboxylic acids is 1. The maximum absolute atomic E-state index is 12.1. The zero-order valence-electron chi connectivity index (χ0n) is 12.4. The Labute approximate surface area is 120 Å². The minimum absolute atomic E-state index is 0.0259. The lowest BCUT2D eigenvalue weighted by molar-refractivity contribution is 0.0939. The SMILES string of the molecule is Cc1cc(C)c([C@@H](C)NC(=O)c2cccnc2)cc1C.